The summed E-state index contributed by atoms with van der Waals surface area (Å²) < 4.78 is 42.0. The van der Waals surface area contributed by atoms with E-state index in [9.17, 15) is 27.9 Å². The molecule has 148 valence electrons. The Bertz CT molecular complexity index is 906. The number of hydrogen-bond donors (Lipinski definition) is 3. The van der Waals surface area contributed by atoms with E-state index in [2.05, 4.69) is 21.2 Å². The SMILES string of the molecule is O=C1N[C@@H](c2ccc(Br)cc2)[C@H](C(=O)c2ccc(Cl)cc2)[C@](O)(C(F)(F)F)N1. The predicted octanol–water partition coefficient (Wildman–Crippen LogP) is 4.21. The molecule has 1 heterocycles. The summed E-state index contributed by atoms with van der Waals surface area (Å²) >= 11 is 8.99. The number of ketones is 1. The number of benzene rings is 2. The van der Waals surface area contributed by atoms with Gasteiger partial charge in [0.2, 0.25) is 5.72 Å². The number of nitrogens with one attached hydrogen (secondary N) is 2. The molecule has 3 N–H and O–H groups in total. The molecule has 0 unspecified atom stereocenters. The highest BCUT2D eigenvalue weighted by Gasteiger charge is 2.66. The third-order valence-corrected chi connectivity index (χ3v) is 5.23. The first kappa shape index (κ1) is 20.6. The maximum Gasteiger partial charge on any atom is 0.437 e. The van der Waals surface area contributed by atoms with Gasteiger partial charge in [-0.2, -0.15) is 13.2 Å². The minimum atomic E-state index is -5.30. The number of Topliss-reactive ketones (excluding diaryl/α,β-unsaturated/α-hetero) is 1. The molecule has 3 rings (SSSR count). The standard InChI is InChI=1S/C18H13BrClF3N2O3/c19-11-5-1-9(2-6-11)14-13(15(26)10-3-7-12(20)8-4-10)17(28,18(21,22)23)25-16(27)24-14/h1-8,13-14,28H,(H2,24,25,27)/t13-,14+,17+/m1/s1. The molecule has 0 bridgehead atoms. The van der Waals surface area contributed by atoms with Crippen molar-refractivity contribution in [3.05, 3.63) is 69.2 Å². The van der Waals surface area contributed by atoms with E-state index in [1.807, 2.05) is 0 Å². The molecule has 1 saturated heterocycles. The zero-order valence-electron chi connectivity index (χ0n) is 13.9. The van der Waals surface area contributed by atoms with Gasteiger partial charge in [0.25, 0.3) is 0 Å². The number of alkyl halides is 3. The van der Waals surface area contributed by atoms with E-state index >= 15 is 0 Å². The van der Waals surface area contributed by atoms with Gasteiger partial charge in [-0.3, -0.25) is 4.79 Å². The number of rotatable bonds is 3. The Balaban J connectivity index is 2.15. The highest BCUT2D eigenvalue weighted by atomic mass is 79.9. The van der Waals surface area contributed by atoms with Gasteiger partial charge < -0.3 is 15.7 Å². The van der Waals surface area contributed by atoms with Crippen molar-refractivity contribution >= 4 is 39.3 Å². The van der Waals surface area contributed by atoms with Crippen molar-refractivity contribution in [2.24, 2.45) is 5.92 Å². The van der Waals surface area contributed by atoms with E-state index in [4.69, 9.17) is 11.6 Å². The van der Waals surface area contributed by atoms with Gasteiger partial charge in [-0.05, 0) is 42.0 Å². The number of carbonyl (C=O) groups is 2. The Morgan fingerprint density at radius 2 is 1.68 bits per heavy atom. The highest BCUT2D eigenvalue weighted by Crippen LogP contribution is 2.44. The van der Waals surface area contributed by atoms with Crippen molar-refractivity contribution in [3.8, 4) is 0 Å². The number of aliphatic hydroxyl groups is 1. The topological polar surface area (TPSA) is 78.4 Å². The van der Waals surface area contributed by atoms with E-state index in [0.717, 1.165) is 0 Å². The molecular weight excluding hydrogens is 465 g/mol. The van der Waals surface area contributed by atoms with Crippen LogP contribution >= 0.6 is 27.5 Å². The number of amides is 2. The van der Waals surface area contributed by atoms with Gasteiger partial charge in [-0.25, -0.2) is 4.79 Å². The van der Waals surface area contributed by atoms with Gasteiger partial charge in [-0.15, -0.1) is 0 Å². The van der Waals surface area contributed by atoms with Crippen LogP contribution < -0.4 is 10.6 Å². The predicted molar refractivity (Wildman–Crippen MR) is 98.8 cm³/mol. The lowest BCUT2D eigenvalue weighted by atomic mass is 9.77. The molecule has 2 aromatic carbocycles. The summed E-state index contributed by atoms with van der Waals surface area (Å²) in [5.74, 6) is -3.08. The molecule has 0 aromatic heterocycles. The highest BCUT2D eigenvalue weighted by molar-refractivity contribution is 9.10. The Labute approximate surface area is 171 Å². The van der Waals surface area contributed by atoms with E-state index in [1.165, 1.54) is 41.7 Å². The van der Waals surface area contributed by atoms with Crippen molar-refractivity contribution in [3.63, 3.8) is 0 Å². The van der Waals surface area contributed by atoms with Gasteiger partial charge in [-0.1, -0.05) is 39.7 Å². The molecule has 0 spiro atoms. The monoisotopic (exact) mass is 476 g/mol. The lowest BCUT2D eigenvalue weighted by Crippen LogP contribution is -2.72. The van der Waals surface area contributed by atoms with Crippen molar-refractivity contribution in [1.29, 1.82) is 0 Å². The lowest BCUT2D eigenvalue weighted by Gasteiger charge is -2.45. The van der Waals surface area contributed by atoms with Crippen molar-refractivity contribution < 1.29 is 27.9 Å². The van der Waals surface area contributed by atoms with Gasteiger partial charge in [0, 0.05) is 15.1 Å². The summed E-state index contributed by atoms with van der Waals surface area (Å²) in [6, 6.07) is 8.59. The summed E-state index contributed by atoms with van der Waals surface area (Å²) in [6.45, 7) is 0. The fourth-order valence-electron chi connectivity index (χ4n) is 3.08. The fourth-order valence-corrected chi connectivity index (χ4v) is 3.47. The minimum Gasteiger partial charge on any atom is -0.363 e. The average molecular weight is 478 g/mol. The normalized spacial score (nSPS) is 25.0. The molecule has 0 radical (unpaired) electrons. The molecule has 2 aromatic rings. The first-order valence-corrected chi connectivity index (χ1v) is 9.13. The van der Waals surface area contributed by atoms with Crippen molar-refractivity contribution in [1.82, 2.24) is 10.6 Å². The molecule has 1 aliphatic rings. The molecule has 0 saturated carbocycles. The number of urea groups is 1. The van der Waals surface area contributed by atoms with Gasteiger partial charge in [0.1, 0.15) is 5.92 Å². The number of carbonyl (C=O) groups excluding carboxylic acids is 2. The van der Waals surface area contributed by atoms with Gasteiger partial charge in [0.15, 0.2) is 5.78 Å². The third-order valence-electron chi connectivity index (χ3n) is 4.45. The fraction of sp³-hybridized carbons (Fsp3) is 0.222. The van der Waals surface area contributed by atoms with Crippen LogP contribution in [0, 0.1) is 5.92 Å². The molecule has 3 atom stereocenters. The summed E-state index contributed by atoms with van der Waals surface area (Å²) in [4.78, 5) is 24.9. The average Bonchev–Trinajstić information content (AvgIpc) is 2.61. The molecular formula is C18H13BrClF3N2O3. The lowest BCUT2D eigenvalue weighted by molar-refractivity contribution is -0.287. The Morgan fingerprint density at radius 1 is 1.11 bits per heavy atom. The van der Waals surface area contributed by atoms with Crippen molar-refractivity contribution in [2.75, 3.05) is 0 Å². The largest absolute Gasteiger partial charge is 0.437 e. The maximum atomic E-state index is 13.8. The van der Waals surface area contributed by atoms with Crippen LogP contribution in [0.1, 0.15) is 22.0 Å². The van der Waals surface area contributed by atoms with Crippen LogP contribution in [-0.4, -0.2) is 28.8 Å². The summed E-state index contributed by atoms with van der Waals surface area (Å²) in [5.41, 5.74) is -3.62. The van der Waals surface area contributed by atoms with Crippen molar-refractivity contribution in [2.45, 2.75) is 17.9 Å². The summed E-state index contributed by atoms with van der Waals surface area (Å²) in [6.07, 6.45) is -5.30. The second-order valence-electron chi connectivity index (χ2n) is 6.24. The molecule has 1 fully saturated rings. The first-order valence-electron chi connectivity index (χ1n) is 7.96. The first-order chi connectivity index (χ1) is 13.0. The Kier molecular flexibility index (Phi) is 5.44. The van der Waals surface area contributed by atoms with Crippen LogP contribution in [0.4, 0.5) is 18.0 Å². The third kappa shape index (κ3) is 3.74. The molecule has 2 amide bonds. The summed E-state index contributed by atoms with van der Waals surface area (Å²) in [5, 5.41) is 14.6. The minimum absolute atomic E-state index is 0.0860. The van der Waals surface area contributed by atoms with Crippen LogP contribution in [0.25, 0.3) is 0 Å². The molecule has 1 aliphatic heterocycles. The number of hydrogen-bond acceptors (Lipinski definition) is 3. The molecule has 28 heavy (non-hydrogen) atoms. The van der Waals surface area contributed by atoms with Crippen LogP contribution in [0.5, 0.6) is 0 Å². The maximum absolute atomic E-state index is 13.8. The molecule has 10 heteroatoms. The van der Waals surface area contributed by atoms with E-state index in [1.54, 1.807) is 12.1 Å². The quantitative estimate of drug-likeness (QED) is 0.580. The van der Waals surface area contributed by atoms with Crippen LogP contribution in [0.15, 0.2) is 53.0 Å². The second kappa shape index (κ2) is 7.38. The Morgan fingerprint density at radius 3 is 2.21 bits per heavy atom. The number of halogens is 5. The van der Waals surface area contributed by atoms with Crippen LogP contribution in [0.2, 0.25) is 5.02 Å². The Hall–Kier alpha value is -2.10. The van der Waals surface area contributed by atoms with Crippen LogP contribution in [0.3, 0.4) is 0 Å². The molecule has 0 aliphatic carbocycles. The van der Waals surface area contributed by atoms with Crippen LogP contribution in [-0.2, 0) is 0 Å². The zero-order chi connectivity index (χ0) is 20.7. The zero-order valence-corrected chi connectivity index (χ0v) is 16.3. The smallest absolute Gasteiger partial charge is 0.363 e. The van der Waals surface area contributed by atoms with Gasteiger partial charge in [0.05, 0.1) is 6.04 Å². The van der Waals surface area contributed by atoms with E-state index in [0.29, 0.717) is 9.50 Å². The molecule has 5 nitrogen and oxygen atoms in total. The van der Waals surface area contributed by atoms with Gasteiger partial charge >= 0.3 is 12.2 Å². The second-order valence-corrected chi connectivity index (χ2v) is 7.59. The summed E-state index contributed by atoms with van der Waals surface area (Å²) in [7, 11) is 0. The van der Waals surface area contributed by atoms with E-state index < -0.39 is 35.7 Å². The van der Waals surface area contributed by atoms with E-state index in [-0.39, 0.29) is 11.1 Å².